The topological polar surface area (TPSA) is 46.2 Å². The third-order valence-electron chi connectivity index (χ3n) is 5.60. The maximum Gasteiger partial charge on any atom is 0.207 e. The van der Waals surface area contributed by atoms with Crippen LogP contribution in [0.4, 0.5) is 4.39 Å². The molecule has 30 heavy (non-hydrogen) atoms. The molecule has 6 heteroatoms. The Morgan fingerprint density at radius 1 is 0.900 bits per heavy atom. The standard InChI is InChI=1S/C24H25FO5/c1-26-18-9-8-15-10-17(13-30-23(15)22(18)25)21(14-6-5-7-14)16-11-19(27-2)24(29-4)20(12-16)28-3/h8-12H,5-7,13H2,1-4H3. The van der Waals surface area contributed by atoms with E-state index in [1.165, 1.54) is 12.7 Å². The van der Waals surface area contributed by atoms with Gasteiger partial charge in [0.2, 0.25) is 11.6 Å². The van der Waals surface area contributed by atoms with Crippen LogP contribution in [0.1, 0.15) is 30.4 Å². The molecule has 1 heterocycles. The van der Waals surface area contributed by atoms with E-state index >= 15 is 0 Å². The Hall–Kier alpha value is -3.15. The van der Waals surface area contributed by atoms with Gasteiger partial charge in [0.25, 0.3) is 0 Å². The van der Waals surface area contributed by atoms with Crippen molar-refractivity contribution in [3.05, 3.63) is 52.4 Å². The zero-order valence-corrected chi connectivity index (χ0v) is 17.6. The van der Waals surface area contributed by atoms with E-state index < -0.39 is 5.82 Å². The molecule has 0 amide bonds. The van der Waals surface area contributed by atoms with Crippen LogP contribution in [0, 0.1) is 5.82 Å². The van der Waals surface area contributed by atoms with Crippen LogP contribution in [0.25, 0.3) is 11.6 Å². The molecule has 2 aliphatic rings. The number of fused-ring (bicyclic) bond motifs is 1. The lowest BCUT2D eigenvalue weighted by Gasteiger charge is -2.28. The predicted octanol–water partition coefficient (Wildman–Crippen LogP) is 5.27. The Balaban J connectivity index is 1.84. The Labute approximate surface area is 175 Å². The van der Waals surface area contributed by atoms with Gasteiger partial charge < -0.3 is 23.7 Å². The molecule has 1 saturated carbocycles. The van der Waals surface area contributed by atoms with Crippen LogP contribution < -0.4 is 23.7 Å². The first kappa shape index (κ1) is 20.1. The summed E-state index contributed by atoms with van der Waals surface area (Å²) in [5.41, 5.74) is 5.10. The molecular formula is C24H25FO5. The van der Waals surface area contributed by atoms with E-state index in [1.54, 1.807) is 27.4 Å². The number of halogens is 1. The van der Waals surface area contributed by atoms with Gasteiger partial charge in [-0.3, -0.25) is 0 Å². The maximum atomic E-state index is 14.6. The van der Waals surface area contributed by atoms with Crippen molar-refractivity contribution in [1.82, 2.24) is 0 Å². The zero-order chi connectivity index (χ0) is 21.3. The monoisotopic (exact) mass is 412 g/mol. The minimum Gasteiger partial charge on any atom is -0.494 e. The van der Waals surface area contributed by atoms with Gasteiger partial charge in [-0.05, 0) is 66.3 Å². The summed E-state index contributed by atoms with van der Waals surface area (Å²) in [6, 6.07) is 7.33. The molecule has 1 aliphatic carbocycles. The Kier molecular flexibility index (Phi) is 5.57. The van der Waals surface area contributed by atoms with Gasteiger partial charge in [0.1, 0.15) is 6.61 Å². The molecule has 1 fully saturated rings. The minimum atomic E-state index is -0.476. The van der Waals surface area contributed by atoms with Crippen molar-refractivity contribution in [1.29, 1.82) is 0 Å². The average Bonchev–Trinajstić information content (AvgIpc) is 2.75. The minimum absolute atomic E-state index is 0.174. The third kappa shape index (κ3) is 3.36. The third-order valence-corrected chi connectivity index (χ3v) is 5.60. The summed E-state index contributed by atoms with van der Waals surface area (Å²) >= 11 is 0. The number of benzene rings is 2. The van der Waals surface area contributed by atoms with Crippen LogP contribution in [-0.4, -0.2) is 35.0 Å². The molecule has 1 aliphatic heterocycles. The fraction of sp³-hybridized carbons (Fsp3) is 0.333. The van der Waals surface area contributed by atoms with Crippen molar-refractivity contribution in [2.24, 2.45) is 0 Å². The molecule has 0 unspecified atom stereocenters. The smallest absolute Gasteiger partial charge is 0.207 e. The molecule has 0 radical (unpaired) electrons. The largest absolute Gasteiger partial charge is 0.494 e. The van der Waals surface area contributed by atoms with Gasteiger partial charge in [-0.2, -0.15) is 4.39 Å². The van der Waals surface area contributed by atoms with Crippen molar-refractivity contribution in [3.63, 3.8) is 0 Å². The zero-order valence-electron chi connectivity index (χ0n) is 17.6. The highest BCUT2D eigenvalue weighted by molar-refractivity contribution is 5.90. The average molecular weight is 412 g/mol. The van der Waals surface area contributed by atoms with Gasteiger partial charge in [0.05, 0.1) is 28.4 Å². The highest BCUT2D eigenvalue weighted by Crippen LogP contribution is 2.46. The lowest BCUT2D eigenvalue weighted by Crippen LogP contribution is -2.14. The molecule has 0 bridgehead atoms. The van der Waals surface area contributed by atoms with E-state index in [9.17, 15) is 4.39 Å². The van der Waals surface area contributed by atoms with E-state index in [2.05, 4.69) is 0 Å². The lowest BCUT2D eigenvalue weighted by atomic mass is 9.81. The molecule has 2 aromatic carbocycles. The highest BCUT2D eigenvalue weighted by atomic mass is 19.1. The van der Waals surface area contributed by atoms with E-state index in [1.807, 2.05) is 24.3 Å². The first-order chi connectivity index (χ1) is 14.6. The second-order valence-corrected chi connectivity index (χ2v) is 7.20. The SMILES string of the molecule is COc1ccc2c(c1F)OCC(C(=C1CCC1)c1cc(OC)c(OC)c(OC)c1)=C2. The van der Waals surface area contributed by atoms with Crippen LogP contribution in [0.3, 0.4) is 0 Å². The van der Waals surface area contributed by atoms with Crippen molar-refractivity contribution >= 4 is 11.6 Å². The number of hydrogen-bond donors (Lipinski definition) is 0. The molecule has 0 aromatic heterocycles. The van der Waals surface area contributed by atoms with E-state index in [4.69, 9.17) is 23.7 Å². The number of methoxy groups -OCH3 is 4. The van der Waals surface area contributed by atoms with E-state index in [-0.39, 0.29) is 18.1 Å². The molecule has 158 valence electrons. The van der Waals surface area contributed by atoms with Crippen molar-refractivity contribution in [2.75, 3.05) is 35.0 Å². The van der Waals surface area contributed by atoms with Crippen molar-refractivity contribution < 1.29 is 28.1 Å². The van der Waals surface area contributed by atoms with Gasteiger partial charge in [0, 0.05) is 5.56 Å². The highest BCUT2D eigenvalue weighted by Gasteiger charge is 2.26. The second-order valence-electron chi connectivity index (χ2n) is 7.20. The normalized spacial score (nSPS) is 14.7. The van der Waals surface area contributed by atoms with Crippen LogP contribution in [0.15, 0.2) is 35.4 Å². The summed E-state index contributed by atoms with van der Waals surface area (Å²) in [5, 5.41) is 0. The summed E-state index contributed by atoms with van der Waals surface area (Å²) in [6.45, 7) is 0.270. The van der Waals surface area contributed by atoms with Gasteiger partial charge >= 0.3 is 0 Å². The maximum absolute atomic E-state index is 14.6. The van der Waals surface area contributed by atoms with Gasteiger partial charge in [-0.1, -0.05) is 5.57 Å². The molecule has 0 saturated heterocycles. The van der Waals surface area contributed by atoms with Crippen molar-refractivity contribution in [2.45, 2.75) is 19.3 Å². The molecule has 5 nitrogen and oxygen atoms in total. The molecule has 0 atom stereocenters. The summed E-state index contributed by atoms with van der Waals surface area (Å²) in [7, 11) is 6.24. The molecule has 2 aromatic rings. The Bertz CT molecular complexity index is 1010. The Morgan fingerprint density at radius 2 is 1.57 bits per heavy atom. The summed E-state index contributed by atoms with van der Waals surface area (Å²) in [5.74, 6) is 1.66. The van der Waals surface area contributed by atoms with Gasteiger partial charge in [-0.25, -0.2) is 0 Å². The summed E-state index contributed by atoms with van der Waals surface area (Å²) in [4.78, 5) is 0. The molecule has 0 spiro atoms. The fourth-order valence-electron chi connectivity index (χ4n) is 3.94. The van der Waals surface area contributed by atoms with Gasteiger partial charge in [-0.15, -0.1) is 0 Å². The van der Waals surface area contributed by atoms with Crippen LogP contribution in [-0.2, 0) is 0 Å². The number of allylic oxidation sites excluding steroid dienone is 1. The Morgan fingerprint density at radius 3 is 2.10 bits per heavy atom. The molecule has 0 N–H and O–H groups in total. The quantitative estimate of drug-likeness (QED) is 0.647. The first-order valence-corrected chi connectivity index (χ1v) is 9.83. The molecular weight excluding hydrogens is 387 g/mol. The van der Waals surface area contributed by atoms with E-state index in [0.29, 0.717) is 22.8 Å². The second kappa shape index (κ2) is 8.30. The first-order valence-electron chi connectivity index (χ1n) is 9.83. The van der Waals surface area contributed by atoms with E-state index in [0.717, 1.165) is 36.0 Å². The predicted molar refractivity (Wildman–Crippen MR) is 113 cm³/mol. The number of hydrogen-bond acceptors (Lipinski definition) is 5. The number of rotatable bonds is 6. The summed E-state index contributed by atoms with van der Waals surface area (Å²) in [6.07, 6.45) is 5.19. The molecule has 4 rings (SSSR count). The van der Waals surface area contributed by atoms with Crippen LogP contribution in [0.2, 0.25) is 0 Å². The van der Waals surface area contributed by atoms with Crippen LogP contribution >= 0.6 is 0 Å². The van der Waals surface area contributed by atoms with Gasteiger partial charge in [0.15, 0.2) is 23.0 Å². The fourth-order valence-corrected chi connectivity index (χ4v) is 3.94. The van der Waals surface area contributed by atoms with Crippen molar-refractivity contribution in [3.8, 4) is 28.7 Å². The van der Waals surface area contributed by atoms with Crippen LogP contribution in [0.5, 0.6) is 28.7 Å². The number of ether oxygens (including phenoxy) is 5. The lowest BCUT2D eigenvalue weighted by molar-refractivity contribution is 0.316. The summed E-state index contributed by atoms with van der Waals surface area (Å²) < 4.78 is 42.0.